The van der Waals surface area contributed by atoms with Crippen molar-refractivity contribution in [1.29, 1.82) is 0 Å². The van der Waals surface area contributed by atoms with Gasteiger partial charge in [0.25, 0.3) is 0 Å². The van der Waals surface area contributed by atoms with Crippen LogP contribution < -0.4 is 0 Å². The van der Waals surface area contributed by atoms with Crippen molar-refractivity contribution in [2.24, 2.45) is 11.8 Å². The molecule has 1 N–H and O–H groups in total. The first-order valence-corrected chi connectivity index (χ1v) is 8.45. The van der Waals surface area contributed by atoms with Gasteiger partial charge in [0.2, 0.25) is 10.0 Å². The van der Waals surface area contributed by atoms with Crippen LogP contribution >= 0.6 is 11.3 Å². The van der Waals surface area contributed by atoms with E-state index in [9.17, 15) is 13.2 Å². The number of piperidine rings is 1. The molecule has 2 heterocycles. The minimum atomic E-state index is -3.70. The minimum absolute atomic E-state index is 0.0775. The number of aromatic carboxylic acids is 1. The van der Waals surface area contributed by atoms with Gasteiger partial charge in [0.05, 0.1) is 0 Å². The highest BCUT2D eigenvalue weighted by Crippen LogP contribution is 2.30. The van der Waals surface area contributed by atoms with E-state index >= 15 is 0 Å². The maximum absolute atomic E-state index is 12.5. The first kappa shape index (κ1) is 14.5. The van der Waals surface area contributed by atoms with Crippen LogP contribution in [-0.4, -0.2) is 36.9 Å². The lowest BCUT2D eigenvalue weighted by atomic mass is 9.94. The zero-order valence-corrected chi connectivity index (χ0v) is 12.5. The van der Waals surface area contributed by atoms with Gasteiger partial charge in [0, 0.05) is 13.1 Å². The van der Waals surface area contributed by atoms with Gasteiger partial charge in [-0.05, 0) is 29.7 Å². The summed E-state index contributed by atoms with van der Waals surface area (Å²) in [4.78, 5) is 10.9. The van der Waals surface area contributed by atoms with Gasteiger partial charge in [-0.2, -0.15) is 4.31 Å². The van der Waals surface area contributed by atoms with Crippen LogP contribution in [0.4, 0.5) is 0 Å². The molecule has 0 amide bonds. The lowest BCUT2D eigenvalue weighted by molar-refractivity contribution is 0.0698. The highest BCUT2D eigenvalue weighted by atomic mass is 32.2. The van der Waals surface area contributed by atoms with Crippen molar-refractivity contribution in [3.05, 3.63) is 16.3 Å². The number of hydrogen-bond donors (Lipinski definition) is 1. The quantitative estimate of drug-likeness (QED) is 0.928. The zero-order valence-electron chi connectivity index (χ0n) is 10.9. The van der Waals surface area contributed by atoms with Crippen molar-refractivity contribution in [3.63, 3.8) is 0 Å². The lowest BCUT2D eigenvalue weighted by Gasteiger charge is -2.33. The van der Waals surface area contributed by atoms with Crippen LogP contribution in [0.1, 0.15) is 29.9 Å². The number of rotatable bonds is 3. The predicted molar refractivity (Wildman–Crippen MR) is 73.0 cm³/mol. The Morgan fingerprint density at radius 3 is 2.47 bits per heavy atom. The molecule has 0 radical (unpaired) electrons. The molecule has 7 heteroatoms. The fourth-order valence-electron chi connectivity index (χ4n) is 2.60. The molecule has 0 aliphatic carbocycles. The summed E-state index contributed by atoms with van der Waals surface area (Å²) in [5, 5.41) is 10.6. The molecule has 0 saturated carbocycles. The number of carboxylic acids is 1. The van der Waals surface area contributed by atoms with Gasteiger partial charge in [-0.3, -0.25) is 0 Å². The van der Waals surface area contributed by atoms with Gasteiger partial charge in [0.15, 0.2) is 0 Å². The third kappa shape index (κ3) is 2.82. The molecular weight excluding hydrogens is 286 g/mol. The molecule has 1 aromatic heterocycles. The Bertz CT molecular complexity index is 568. The first-order chi connectivity index (χ1) is 8.82. The van der Waals surface area contributed by atoms with E-state index in [2.05, 4.69) is 0 Å². The maximum atomic E-state index is 12.5. The van der Waals surface area contributed by atoms with Crippen molar-refractivity contribution >= 4 is 27.3 Å². The monoisotopic (exact) mass is 303 g/mol. The maximum Gasteiger partial charge on any atom is 0.347 e. The third-order valence-electron chi connectivity index (χ3n) is 3.28. The van der Waals surface area contributed by atoms with Crippen LogP contribution in [0, 0.1) is 11.8 Å². The molecular formula is C12H17NO4S2. The average Bonchev–Trinajstić information content (AvgIpc) is 2.76. The fourth-order valence-corrected chi connectivity index (χ4v) is 5.51. The molecule has 2 unspecified atom stereocenters. The average molecular weight is 303 g/mol. The highest BCUT2D eigenvalue weighted by Gasteiger charge is 2.34. The van der Waals surface area contributed by atoms with Gasteiger partial charge < -0.3 is 5.11 Å². The van der Waals surface area contributed by atoms with Crippen molar-refractivity contribution in [2.45, 2.75) is 25.2 Å². The van der Waals surface area contributed by atoms with Crippen LogP contribution in [0.15, 0.2) is 16.3 Å². The smallest absolute Gasteiger partial charge is 0.347 e. The molecule has 1 aliphatic rings. The summed E-state index contributed by atoms with van der Waals surface area (Å²) in [6, 6.07) is 1.38. The fraction of sp³-hybridized carbons (Fsp3) is 0.583. The van der Waals surface area contributed by atoms with Crippen molar-refractivity contribution in [1.82, 2.24) is 4.31 Å². The van der Waals surface area contributed by atoms with E-state index in [4.69, 9.17) is 5.11 Å². The molecule has 19 heavy (non-hydrogen) atoms. The van der Waals surface area contributed by atoms with Gasteiger partial charge in [-0.25, -0.2) is 13.2 Å². The summed E-state index contributed by atoms with van der Waals surface area (Å²) < 4.78 is 26.5. The van der Waals surface area contributed by atoms with Crippen molar-refractivity contribution in [3.8, 4) is 0 Å². The summed E-state index contributed by atoms with van der Waals surface area (Å²) in [6.07, 6.45) is 1.00. The molecule has 106 valence electrons. The Morgan fingerprint density at radius 2 is 1.95 bits per heavy atom. The van der Waals surface area contributed by atoms with Crippen LogP contribution in [0.3, 0.4) is 0 Å². The highest BCUT2D eigenvalue weighted by molar-refractivity contribution is 7.89. The summed E-state index contributed by atoms with van der Waals surface area (Å²) in [6.45, 7) is 4.96. The number of carboxylic acid groups (broad SMARTS) is 1. The second-order valence-corrected chi connectivity index (χ2v) is 8.01. The van der Waals surface area contributed by atoms with Gasteiger partial charge in [0.1, 0.15) is 9.77 Å². The first-order valence-electron chi connectivity index (χ1n) is 6.13. The largest absolute Gasteiger partial charge is 0.477 e. The summed E-state index contributed by atoms with van der Waals surface area (Å²) in [5.41, 5.74) is 0. The van der Waals surface area contributed by atoms with Crippen LogP contribution in [-0.2, 0) is 10.0 Å². The van der Waals surface area contributed by atoms with Crippen molar-refractivity contribution < 1.29 is 18.3 Å². The van der Waals surface area contributed by atoms with Gasteiger partial charge >= 0.3 is 5.97 Å². The normalized spacial score (nSPS) is 25.4. The zero-order chi connectivity index (χ0) is 14.2. The third-order valence-corrected chi connectivity index (χ3v) is 6.18. The summed E-state index contributed by atoms with van der Waals surface area (Å²) in [7, 11) is -3.70. The number of nitrogens with zero attached hydrogens (tertiary/aromatic N) is 1. The Labute approximate surface area is 116 Å². The molecule has 1 aromatic rings. The lowest BCUT2D eigenvalue weighted by Crippen LogP contribution is -2.42. The van der Waals surface area contributed by atoms with E-state index in [0.29, 0.717) is 24.9 Å². The Kier molecular flexibility index (Phi) is 3.98. The molecule has 0 spiro atoms. The topological polar surface area (TPSA) is 74.7 Å². The Hall–Kier alpha value is -0.920. The molecule has 0 aromatic carbocycles. The number of hydrogen-bond acceptors (Lipinski definition) is 4. The Balaban J connectivity index is 2.37. The molecule has 1 saturated heterocycles. The van der Waals surface area contributed by atoms with Crippen LogP contribution in [0.5, 0.6) is 0 Å². The minimum Gasteiger partial charge on any atom is -0.477 e. The standard InChI is InChI=1S/C12H17NO4S2/c1-8-5-9(2)7-13(6-8)19(16,17)10-3-4-18-11(10)12(14)15/h3-4,8-9H,5-7H2,1-2H3,(H,14,15). The van der Waals surface area contributed by atoms with E-state index in [1.807, 2.05) is 13.8 Å². The SMILES string of the molecule is CC1CC(C)CN(S(=O)(=O)c2ccsc2C(=O)O)C1. The molecule has 1 fully saturated rings. The van der Waals surface area contributed by atoms with Gasteiger partial charge in [-0.15, -0.1) is 11.3 Å². The second-order valence-electron chi connectivity index (χ2n) is 5.19. The number of sulfonamides is 1. The number of carbonyl (C=O) groups is 1. The number of thiophene rings is 1. The molecule has 5 nitrogen and oxygen atoms in total. The molecule has 2 atom stereocenters. The van der Waals surface area contributed by atoms with Crippen LogP contribution in [0.2, 0.25) is 0 Å². The summed E-state index contributed by atoms with van der Waals surface area (Å²) >= 11 is 0.945. The second kappa shape index (κ2) is 5.22. The molecule has 2 rings (SSSR count). The molecule has 1 aliphatic heterocycles. The van der Waals surface area contributed by atoms with Gasteiger partial charge in [-0.1, -0.05) is 13.8 Å². The van der Waals surface area contributed by atoms with Crippen LogP contribution in [0.25, 0.3) is 0 Å². The molecule has 0 bridgehead atoms. The Morgan fingerprint density at radius 1 is 1.37 bits per heavy atom. The van der Waals surface area contributed by atoms with E-state index in [-0.39, 0.29) is 9.77 Å². The van der Waals surface area contributed by atoms with E-state index in [1.165, 1.54) is 15.8 Å². The summed E-state index contributed by atoms with van der Waals surface area (Å²) in [5.74, 6) is -0.595. The predicted octanol–water partition coefficient (Wildman–Crippen LogP) is 2.11. The van der Waals surface area contributed by atoms with E-state index < -0.39 is 16.0 Å². The van der Waals surface area contributed by atoms with Crippen molar-refractivity contribution in [2.75, 3.05) is 13.1 Å². The van der Waals surface area contributed by atoms with E-state index in [1.54, 1.807) is 0 Å². The van der Waals surface area contributed by atoms with E-state index in [0.717, 1.165) is 17.8 Å².